The van der Waals surface area contributed by atoms with Crippen molar-refractivity contribution in [1.29, 1.82) is 0 Å². The maximum Gasteiger partial charge on any atom is 0.310 e. The minimum Gasteiger partial charge on any atom is -0.506 e. The van der Waals surface area contributed by atoms with Crippen molar-refractivity contribution < 1.29 is 14.6 Å². The van der Waals surface area contributed by atoms with Crippen LogP contribution in [0.5, 0.6) is 5.75 Å². The second-order valence-corrected chi connectivity index (χ2v) is 6.87. The molecule has 2 rings (SSSR count). The lowest BCUT2D eigenvalue weighted by molar-refractivity contribution is -0.142. The van der Waals surface area contributed by atoms with Gasteiger partial charge in [-0.2, -0.15) is 0 Å². The Balaban J connectivity index is 1.85. The monoisotopic (exact) mass is 508 g/mol. The third-order valence-corrected chi connectivity index (χ3v) is 4.57. The Morgan fingerprint density at radius 3 is 2.29 bits per heavy atom. The van der Waals surface area contributed by atoms with Crippen LogP contribution in [0.3, 0.4) is 0 Å². The van der Waals surface area contributed by atoms with Crippen LogP contribution in [0.15, 0.2) is 42.5 Å². The van der Waals surface area contributed by atoms with Gasteiger partial charge in [0.2, 0.25) is 0 Å². The zero-order valence-corrected chi connectivity index (χ0v) is 15.5. The first-order valence-corrected chi connectivity index (χ1v) is 8.58. The zero-order valence-electron chi connectivity index (χ0n) is 11.2. The van der Waals surface area contributed by atoms with Gasteiger partial charge >= 0.3 is 5.97 Å². The van der Waals surface area contributed by atoms with Crippen molar-refractivity contribution in [3.8, 4) is 5.75 Å². The van der Waals surface area contributed by atoms with E-state index in [9.17, 15) is 9.90 Å². The van der Waals surface area contributed by atoms with Crippen molar-refractivity contribution in [1.82, 2.24) is 0 Å². The third-order valence-electron chi connectivity index (χ3n) is 2.92. The summed E-state index contributed by atoms with van der Waals surface area (Å²) in [4.78, 5) is 11.8. The lowest BCUT2D eigenvalue weighted by atomic mass is 10.1. The van der Waals surface area contributed by atoms with Gasteiger partial charge in [-0.25, -0.2) is 0 Å². The predicted molar refractivity (Wildman–Crippen MR) is 98.3 cm³/mol. The van der Waals surface area contributed by atoms with E-state index < -0.39 is 0 Å². The molecule has 0 heterocycles. The summed E-state index contributed by atoms with van der Waals surface area (Å²) in [6.07, 6.45) is 0.943. The predicted octanol–water partition coefficient (Wildman–Crippen LogP) is 3.93. The minimum absolute atomic E-state index is 0.223. The highest BCUT2D eigenvalue weighted by Crippen LogP contribution is 2.27. The molecule has 0 unspecified atom stereocenters. The maximum atomic E-state index is 11.8. The van der Waals surface area contributed by atoms with Gasteiger partial charge in [0, 0.05) is 6.42 Å². The topological polar surface area (TPSA) is 46.5 Å². The number of hydrogen-bond acceptors (Lipinski definition) is 3. The Morgan fingerprint density at radius 1 is 1.05 bits per heavy atom. The summed E-state index contributed by atoms with van der Waals surface area (Å²) in [5, 5.41) is 9.70. The van der Waals surface area contributed by atoms with E-state index in [0.717, 1.165) is 24.7 Å². The Kier molecular flexibility index (Phi) is 6.28. The first kappa shape index (κ1) is 16.5. The highest BCUT2D eigenvalue weighted by molar-refractivity contribution is 14.1. The molecule has 2 aromatic rings. The number of aromatic hydroxyl groups is 1. The van der Waals surface area contributed by atoms with Gasteiger partial charge in [-0.3, -0.25) is 4.79 Å². The molecule has 0 aromatic heterocycles. The average Bonchev–Trinajstić information content (AvgIpc) is 2.46. The number of esters is 1. The van der Waals surface area contributed by atoms with Crippen LogP contribution >= 0.6 is 45.2 Å². The van der Waals surface area contributed by atoms with Crippen molar-refractivity contribution >= 4 is 51.2 Å². The maximum absolute atomic E-state index is 11.8. The Labute approximate surface area is 151 Å². The van der Waals surface area contributed by atoms with Gasteiger partial charge in [-0.1, -0.05) is 30.3 Å². The van der Waals surface area contributed by atoms with Gasteiger partial charge in [0.25, 0.3) is 0 Å². The van der Waals surface area contributed by atoms with Crippen LogP contribution in [0.25, 0.3) is 0 Å². The van der Waals surface area contributed by atoms with E-state index in [4.69, 9.17) is 4.74 Å². The van der Waals surface area contributed by atoms with E-state index in [1.54, 1.807) is 12.1 Å². The van der Waals surface area contributed by atoms with E-state index in [2.05, 4.69) is 45.2 Å². The number of phenolic OH excluding ortho intramolecular Hbond substituents is 1. The molecule has 0 saturated carbocycles. The van der Waals surface area contributed by atoms with Gasteiger partial charge in [0.15, 0.2) is 0 Å². The van der Waals surface area contributed by atoms with Crippen LogP contribution in [0, 0.1) is 7.14 Å². The molecule has 0 saturated heterocycles. The van der Waals surface area contributed by atoms with Crippen LogP contribution in [0.1, 0.15) is 11.1 Å². The van der Waals surface area contributed by atoms with E-state index >= 15 is 0 Å². The van der Waals surface area contributed by atoms with Gasteiger partial charge in [0.05, 0.1) is 20.2 Å². The van der Waals surface area contributed by atoms with Crippen LogP contribution in [0.2, 0.25) is 0 Å². The normalized spacial score (nSPS) is 10.4. The molecule has 0 aliphatic carbocycles. The lowest BCUT2D eigenvalue weighted by Crippen LogP contribution is -2.10. The molecule has 2 aromatic carbocycles. The summed E-state index contributed by atoms with van der Waals surface area (Å²) in [5.41, 5.74) is 2.00. The van der Waals surface area contributed by atoms with Crippen LogP contribution in [-0.2, 0) is 22.4 Å². The summed E-state index contributed by atoms with van der Waals surface area (Å²) in [6, 6.07) is 13.5. The first-order chi connectivity index (χ1) is 10.1. The first-order valence-electron chi connectivity index (χ1n) is 6.42. The van der Waals surface area contributed by atoms with Crippen molar-refractivity contribution in [3.05, 3.63) is 60.7 Å². The molecule has 0 aliphatic heterocycles. The molecule has 0 atom stereocenters. The van der Waals surface area contributed by atoms with Crippen molar-refractivity contribution in [2.45, 2.75) is 12.8 Å². The fraction of sp³-hybridized carbons (Fsp3) is 0.188. The number of rotatable bonds is 5. The Bertz CT molecular complexity index is 604. The summed E-state index contributed by atoms with van der Waals surface area (Å²) < 4.78 is 6.74. The molecule has 0 amide bonds. The third kappa shape index (κ3) is 5.14. The van der Waals surface area contributed by atoms with E-state index in [-0.39, 0.29) is 18.1 Å². The fourth-order valence-corrected chi connectivity index (χ4v) is 3.76. The molecule has 0 aliphatic rings. The summed E-state index contributed by atoms with van der Waals surface area (Å²) in [6.45, 7) is 0.384. The van der Waals surface area contributed by atoms with Gasteiger partial charge in [0.1, 0.15) is 5.75 Å². The molecule has 5 heteroatoms. The zero-order chi connectivity index (χ0) is 15.2. The number of carbonyl (C=O) groups excluding carboxylic acids is 1. The van der Waals surface area contributed by atoms with Crippen LogP contribution in [-0.4, -0.2) is 17.7 Å². The quantitative estimate of drug-likeness (QED) is 0.492. The molecule has 0 fully saturated rings. The molecular formula is C16H14I2O3. The van der Waals surface area contributed by atoms with Crippen molar-refractivity contribution in [2.24, 2.45) is 0 Å². The Hall–Kier alpha value is -0.830. The molecule has 3 nitrogen and oxygen atoms in total. The number of halogens is 2. The van der Waals surface area contributed by atoms with Crippen LogP contribution in [0.4, 0.5) is 0 Å². The molecule has 0 radical (unpaired) electrons. The number of ether oxygens (including phenoxy) is 1. The molecule has 21 heavy (non-hydrogen) atoms. The lowest BCUT2D eigenvalue weighted by Gasteiger charge is -2.07. The van der Waals surface area contributed by atoms with Crippen molar-refractivity contribution in [3.63, 3.8) is 0 Å². The highest BCUT2D eigenvalue weighted by atomic mass is 127. The number of carbonyl (C=O) groups is 1. The smallest absolute Gasteiger partial charge is 0.310 e. The molecular weight excluding hydrogens is 494 g/mol. The average molecular weight is 508 g/mol. The summed E-state index contributed by atoms with van der Waals surface area (Å²) in [5.74, 6) is 0.0145. The molecule has 1 N–H and O–H groups in total. The molecule has 0 bridgehead atoms. The minimum atomic E-state index is -0.247. The highest BCUT2D eigenvalue weighted by Gasteiger charge is 2.10. The fourth-order valence-electron chi connectivity index (χ4n) is 1.87. The van der Waals surface area contributed by atoms with Gasteiger partial charge in [-0.05, 0) is 68.4 Å². The second-order valence-electron chi connectivity index (χ2n) is 4.54. The molecule has 0 spiro atoms. The Morgan fingerprint density at radius 2 is 1.67 bits per heavy atom. The number of phenols is 1. The van der Waals surface area contributed by atoms with E-state index in [0.29, 0.717) is 6.61 Å². The van der Waals surface area contributed by atoms with E-state index in [1.165, 1.54) is 0 Å². The molecule has 110 valence electrons. The van der Waals surface area contributed by atoms with Gasteiger partial charge < -0.3 is 9.84 Å². The standard InChI is InChI=1S/C16H14I2O3/c17-13-8-12(9-14(18)16(13)20)10-15(19)21-7-6-11-4-2-1-3-5-11/h1-5,8-9,20H,6-7,10H2. The second kappa shape index (κ2) is 7.98. The largest absolute Gasteiger partial charge is 0.506 e. The summed E-state index contributed by atoms with van der Waals surface area (Å²) >= 11 is 4.10. The van der Waals surface area contributed by atoms with E-state index in [1.807, 2.05) is 30.3 Å². The summed E-state index contributed by atoms with van der Waals surface area (Å²) in [7, 11) is 0. The SMILES string of the molecule is O=C(Cc1cc(I)c(O)c(I)c1)OCCc1ccccc1. The van der Waals surface area contributed by atoms with Crippen molar-refractivity contribution in [2.75, 3.05) is 6.61 Å². The van der Waals surface area contributed by atoms with Gasteiger partial charge in [-0.15, -0.1) is 0 Å². The number of benzene rings is 2. The van der Waals surface area contributed by atoms with Crippen LogP contribution < -0.4 is 0 Å². The number of hydrogen-bond donors (Lipinski definition) is 1.